The number of aromatic nitrogens is 1. The van der Waals surface area contributed by atoms with E-state index < -0.39 is 0 Å². The minimum absolute atomic E-state index is 0.0517. The summed E-state index contributed by atoms with van der Waals surface area (Å²) in [5, 5.41) is 9.69. The quantitative estimate of drug-likeness (QED) is 0.856. The third-order valence-corrected chi connectivity index (χ3v) is 2.43. The summed E-state index contributed by atoms with van der Waals surface area (Å²) in [5.74, 6) is 0.567. The number of aromatic hydroxyl groups is 1. The molecule has 100 valence electrons. The van der Waals surface area contributed by atoms with Gasteiger partial charge in [0.05, 0.1) is 6.10 Å². The number of ether oxygens (including phenoxy) is 1. The molecule has 0 amide bonds. The molecule has 0 aliphatic rings. The summed E-state index contributed by atoms with van der Waals surface area (Å²) in [4.78, 5) is 15.2. The fourth-order valence-electron chi connectivity index (χ4n) is 1.56. The Morgan fingerprint density at radius 2 is 2.16 bits per heavy atom. The number of carbonyl (C=O) groups is 1. The van der Waals surface area contributed by atoms with Gasteiger partial charge in [0.25, 0.3) is 0 Å². The van der Waals surface area contributed by atoms with Gasteiger partial charge in [-0.3, -0.25) is 4.79 Å². The van der Waals surface area contributed by atoms with E-state index in [9.17, 15) is 9.90 Å². The number of phenols is 1. The summed E-state index contributed by atoms with van der Waals surface area (Å²) < 4.78 is 10.7. The average Bonchev–Trinajstić information content (AvgIpc) is 2.81. The standard InChI is InChI=1S/C14H15NO4/c1-8(2)19-13-6-10(4-5-12(13)17)14-15-11(7-18-14)9(3)16/h4-8,17H,1-3H3. The number of ketones is 1. The Hall–Kier alpha value is -2.30. The summed E-state index contributed by atoms with van der Waals surface area (Å²) in [5.41, 5.74) is 0.912. The van der Waals surface area contributed by atoms with Crippen LogP contribution in [-0.4, -0.2) is 22.0 Å². The monoisotopic (exact) mass is 261 g/mol. The second kappa shape index (κ2) is 5.14. The molecule has 1 N–H and O–H groups in total. The van der Waals surface area contributed by atoms with Gasteiger partial charge < -0.3 is 14.3 Å². The molecule has 0 fully saturated rings. The van der Waals surface area contributed by atoms with Crippen molar-refractivity contribution in [2.45, 2.75) is 26.9 Å². The van der Waals surface area contributed by atoms with Crippen molar-refractivity contribution in [1.82, 2.24) is 4.98 Å². The van der Waals surface area contributed by atoms with Crippen LogP contribution in [0.3, 0.4) is 0 Å². The molecule has 1 heterocycles. The molecule has 19 heavy (non-hydrogen) atoms. The molecule has 0 unspecified atom stereocenters. The molecule has 2 rings (SSSR count). The van der Waals surface area contributed by atoms with E-state index in [0.29, 0.717) is 17.2 Å². The van der Waals surface area contributed by atoms with Crippen LogP contribution in [0.2, 0.25) is 0 Å². The maximum absolute atomic E-state index is 11.2. The van der Waals surface area contributed by atoms with Gasteiger partial charge >= 0.3 is 0 Å². The number of hydrogen-bond acceptors (Lipinski definition) is 5. The van der Waals surface area contributed by atoms with Crippen LogP contribution >= 0.6 is 0 Å². The molecule has 0 aliphatic heterocycles. The van der Waals surface area contributed by atoms with Gasteiger partial charge in [0.2, 0.25) is 5.89 Å². The Morgan fingerprint density at radius 3 is 2.74 bits per heavy atom. The lowest BCUT2D eigenvalue weighted by Crippen LogP contribution is -2.05. The second-order valence-electron chi connectivity index (χ2n) is 4.44. The highest BCUT2D eigenvalue weighted by molar-refractivity contribution is 5.92. The van der Waals surface area contributed by atoms with Crippen LogP contribution in [0.4, 0.5) is 0 Å². The maximum Gasteiger partial charge on any atom is 0.226 e. The van der Waals surface area contributed by atoms with Crippen LogP contribution in [0.1, 0.15) is 31.3 Å². The predicted molar refractivity (Wildman–Crippen MR) is 69.4 cm³/mol. The SMILES string of the molecule is CC(=O)c1coc(-c2ccc(O)c(OC(C)C)c2)n1. The molecule has 1 aromatic carbocycles. The van der Waals surface area contributed by atoms with E-state index in [1.54, 1.807) is 12.1 Å². The van der Waals surface area contributed by atoms with Gasteiger partial charge in [0.1, 0.15) is 12.0 Å². The highest BCUT2D eigenvalue weighted by Gasteiger charge is 2.13. The lowest BCUT2D eigenvalue weighted by molar-refractivity contribution is 0.101. The van der Waals surface area contributed by atoms with Crippen LogP contribution in [0.25, 0.3) is 11.5 Å². The summed E-state index contributed by atoms with van der Waals surface area (Å²) in [6.07, 6.45) is 1.26. The van der Waals surface area contributed by atoms with Crippen LogP contribution in [0.5, 0.6) is 11.5 Å². The number of hydrogen-bond donors (Lipinski definition) is 1. The number of oxazole rings is 1. The zero-order valence-electron chi connectivity index (χ0n) is 11.0. The Labute approximate surface area is 110 Å². The lowest BCUT2D eigenvalue weighted by atomic mass is 10.2. The van der Waals surface area contributed by atoms with Crippen molar-refractivity contribution in [3.63, 3.8) is 0 Å². The smallest absolute Gasteiger partial charge is 0.226 e. The number of carbonyl (C=O) groups excluding carboxylic acids is 1. The van der Waals surface area contributed by atoms with E-state index in [0.717, 1.165) is 0 Å². The predicted octanol–water partition coefficient (Wildman–Crippen LogP) is 3.04. The highest BCUT2D eigenvalue weighted by atomic mass is 16.5. The molecule has 1 aromatic heterocycles. The lowest BCUT2D eigenvalue weighted by Gasteiger charge is -2.11. The summed E-state index contributed by atoms with van der Waals surface area (Å²) >= 11 is 0. The third-order valence-electron chi connectivity index (χ3n) is 2.43. The van der Waals surface area contributed by atoms with Gasteiger partial charge in [0, 0.05) is 12.5 Å². The number of Topliss-reactive ketones (excluding diaryl/α,β-unsaturated/α-hetero) is 1. The molecular weight excluding hydrogens is 246 g/mol. The van der Waals surface area contributed by atoms with Crippen molar-refractivity contribution in [2.75, 3.05) is 0 Å². The van der Waals surface area contributed by atoms with Gasteiger partial charge in [0.15, 0.2) is 17.3 Å². The van der Waals surface area contributed by atoms with Crippen LogP contribution < -0.4 is 4.74 Å². The molecule has 0 atom stereocenters. The topological polar surface area (TPSA) is 72.6 Å². The number of phenolic OH excluding ortho intramolecular Hbond substituents is 1. The first-order chi connectivity index (χ1) is 8.97. The summed E-state index contributed by atoms with van der Waals surface area (Å²) in [7, 11) is 0. The van der Waals surface area contributed by atoms with E-state index in [1.165, 1.54) is 19.3 Å². The normalized spacial score (nSPS) is 10.7. The largest absolute Gasteiger partial charge is 0.504 e. The second-order valence-corrected chi connectivity index (χ2v) is 4.44. The zero-order valence-corrected chi connectivity index (χ0v) is 11.0. The van der Waals surface area contributed by atoms with Gasteiger partial charge in [-0.15, -0.1) is 0 Å². The molecule has 0 saturated heterocycles. The van der Waals surface area contributed by atoms with Crippen LogP contribution in [-0.2, 0) is 0 Å². The van der Waals surface area contributed by atoms with Gasteiger partial charge in [-0.2, -0.15) is 0 Å². The summed E-state index contributed by atoms with van der Waals surface area (Å²) in [6, 6.07) is 4.79. The van der Waals surface area contributed by atoms with Gasteiger partial charge in [-0.05, 0) is 32.0 Å². The van der Waals surface area contributed by atoms with Crippen molar-refractivity contribution < 1.29 is 19.1 Å². The molecule has 5 nitrogen and oxygen atoms in total. The molecule has 0 aliphatic carbocycles. The van der Waals surface area contributed by atoms with Crippen molar-refractivity contribution in [2.24, 2.45) is 0 Å². The Kier molecular flexibility index (Phi) is 3.55. The Bertz CT molecular complexity index is 601. The summed E-state index contributed by atoms with van der Waals surface area (Å²) in [6.45, 7) is 5.15. The minimum Gasteiger partial charge on any atom is -0.504 e. The van der Waals surface area contributed by atoms with Crippen molar-refractivity contribution in [3.8, 4) is 23.0 Å². The molecule has 5 heteroatoms. The van der Waals surface area contributed by atoms with E-state index in [1.807, 2.05) is 13.8 Å². The number of rotatable bonds is 4. The van der Waals surface area contributed by atoms with Crippen LogP contribution in [0, 0.1) is 0 Å². The fourth-order valence-corrected chi connectivity index (χ4v) is 1.56. The van der Waals surface area contributed by atoms with Gasteiger partial charge in [-0.1, -0.05) is 0 Å². The van der Waals surface area contributed by atoms with Crippen LogP contribution in [0.15, 0.2) is 28.9 Å². The molecule has 2 aromatic rings. The van der Waals surface area contributed by atoms with E-state index in [4.69, 9.17) is 9.15 Å². The highest BCUT2D eigenvalue weighted by Crippen LogP contribution is 2.32. The molecule has 0 spiro atoms. The Balaban J connectivity index is 2.36. The molecule has 0 bridgehead atoms. The average molecular weight is 261 g/mol. The van der Waals surface area contributed by atoms with E-state index in [2.05, 4.69) is 4.98 Å². The Morgan fingerprint density at radius 1 is 1.42 bits per heavy atom. The molecule has 0 saturated carbocycles. The van der Waals surface area contributed by atoms with E-state index >= 15 is 0 Å². The first-order valence-corrected chi connectivity index (χ1v) is 5.94. The van der Waals surface area contributed by atoms with Gasteiger partial charge in [-0.25, -0.2) is 4.98 Å². The maximum atomic E-state index is 11.2. The first-order valence-electron chi connectivity index (χ1n) is 5.94. The first kappa shape index (κ1) is 13.1. The van der Waals surface area contributed by atoms with Crippen molar-refractivity contribution in [1.29, 1.82) is 0 Å². The molecule has 0 radical (unpaired) electrons. The number of nitrogens with zero attached hydrogens (tertiary/aromatic N) is 1. The zero-order chi connectivity index (χ0) is 14.0. The van der Waals surface area contributed by atoms with Crippen molar-refractivity contribution in [3.05, 3.63) is 30.2 Å². The minimum atomic E-state index is -0.160. The van der Waals surface area contributed by atoms with E-state index in [-0.39, 0.29) is 23.3 Å². The van der Waals surface area contributed by atoms with Crippen molar-refractivity contribution >= 4 is 5.78 Å². The molecular formula is C14H15NO4. The number of benzene rings is 1. The third kappa shape index (κ3) is 2.93. The fraction of sp³-hybridized carbons (Fsp3) is 0.286.